The second-order valence-corrected chi connectivity index (χ2v) is 7.84. The zero-order valence-corrected chi connectivity index (χ0v) is 12.5. The predicted molar refractivity (Wildman–Crippen MR) is 81.9 cm³/mol. The molecule has 0 aliphatic heterocycles. The number of fused-ring (bicyclic) bond motifs is 2. The molecule has 0 radical (unpaired) electrons. The van der Waals surface area contributed by atoms with Crippen molar-refractivity contribution in [1.29, 1.82) is 0 Å². The molecule has 0 aromatic heterocycles. The van der Waals surface area contributed by atoms with E-state index < -0.39 is 0 Å². The maximum Gasteiger partial charge on any atom is 0.115 e. The molecule has 0 saturated heterocycles. The van der Waals surface area contributed by atoms with Crippen molar-refractivity contribution in [2.45, 2.75) is 51.6 Å². The van der Waals surface area contributed by atoms with E-state index in [-0.39, 0.29) is 11.5 Å². The van der Waals surface area contributed by atoms with E-state index in [4.69, 9.17) is 0 Å². The van der Waals surface area contributed by atoms with Crippen molar-refractivity contribution in [1.82, 2.24) is 0 Å². The summed E-state index contributed by atoms with van der Waals surface area (Å²) in [4.78, 5) is 0. The van der Waals surface area contributed by atoms with Gasteiger partial charge >= 0.3 is 0 Å². The molecule has 0 bridgehead atoms. The van der Waals surface area contributed by atoms with Gasteiger partial charge in [0.15, 0.2) is 0 Å². The SMILES string of the molecule is C[C@]12CCC3=C(CCc4cc(O)ccc43)[C@@]13C[C@H]3C[C@H]2O. The molecule has 110 valence electrons. The summed E-state index contributed by atoms with van der Waals surface area (Å²) in [6, 6.07) is 5.88. The Bertz CT molecular complexity index is 689. The van der Waals surface area contributed by atoms with Crippen LogP contribution in [0.25, 0.3) is 5.57 Å². The molecule has 2 saturated carbocycles. The quantitative estimate of drug-likeness (QED) is 0.762. The Kier molecular flexibility index (Phi) is 2.07. The number of allylic oxidation sites excluding steroid dienone is 2. The predicted octanol–water partition coefficient (Wildman–Crippen LogP) is 3.66. The summed E-state index contributed by atoms with van der Waals surface area (Å²) in [6.07, 6.45) is 6.58. The molecule has 4 aliphatic carbocycles. The molecule has 2 fully saturated rings. The minimum absolute atomic E-state index is 0.105. The molecule has 0 heterocycles. The number of phenolic OH excluding ortho intramolecular Hbond substituents is 1. The van der Waals surface area contributed by atoms with Crippen LogP contribution in [0.15, 0.2) is 23.8 Å². The second kappa shape index (κ2) is 3.55. The summed E-state index contributed by atoms with van der Waals surface area (Å²) < 4.78 is 0. The van der Waals surface area contributed by atoms with Gasteiger partial charge in [0.2, 0.25) is 0 Å². The number of aliphatic hydroxyl groups excluding tert-OH is 1. The molecule has 0 unspecified atom stereocenters. The average molecular weight is 282 g/mol. The van der Waals surface area contributed by atoms with Gasteiger partial charge in [-0.1, -0.05) is 18.6 Å². The minimum atomic E-state index is -0.105. The van der Waals surface area contributed by atoms with Crippen molar-refractivity contribution in [2.24, 2.45) is 16.7 Å². The molecule has 5 rings (SSSR count). The molecule has 4 aliphatic rings. The lowest BCUT2D eigenvalue weighted by Crippen LogP contribution is -2.41. The van der Waals surface area contributed by atoms with Gasteiger partial charge in [0, 0.05) is 10.8 Å². The smallest absolute Gasteiger partial charge is 0.115 e. The van der Waals surface area contributed by atoms with Crippen molar-refractivity contribution in [3.8, 4) is 5.75 Å². The van der Waals surface area contributed by atoms with Crippen LogP contribution in [0, 0.1) is 16.7 Å². The van der Waals surface area contributed by atoms with Crippen LogP contribution in [0.3, 0.4) is 0 Å². The number of aromatic hydroxyl groups is 1. The lowest BCUT2D eigenvalue weighted by molar-refractivity contribution is 0.0114. The highest BCUT2D eigenvalue weighted by molar-refractivity contribution is 5.77. The molecule has 4 atom stereocenters. The highest BCUT2D eigenvalue weighted by Gasteiger charge is 2.74. The number of phenols is 1. The molecule has 2 N–H and O–H groups in total. The van der Waals surface area contributed by atoms with Gasteiger partial charge in [0.05, 0.1) is 6.10 Å². The normalized spacial score (nSPS) is 43.0. The molecular weight excluding hydrogens is 260 g/mol. The van der Waals surface area contributed by atoms with Gasteiger partial charge in [-0.2, -0.15) is 0 Å². The zero-order valence-electron chi connectivity index (χ0n) is 12.5. The summed E-state index contributed by atoms with van der Waals surface area (Å²) >= 11 is 0. The third kappa shape index (κ3) is 1.25. The van der Waals surface area contributed by atoms with Gasteiger partial charge in [-0.15, -0.1) is 0 Å². The van der Waals surface area contributed by atoms with E-state index in [1.165, 1.54) is 17.5 Å². The third-order valence-electron chi connectivity index (χ3n) is 7.22. The van der Waals surface area contributed by atoms with E-state index >= 15 is 0 Å². The lowest BCUT2D eigenvalue weighted by atomic mass is 9.59. The molecule has 1 aromatic rings. The first-order valence-electron chi connectivity index (χ1n) is 8.29. The molecule has 1 spiro atoms. The van der Waals surface area contributed by atoms with Gasteiger partial charge in [0.25, 0.3) is 0 Å². The highest BCUT2D eigenvalue weighted by atomic mass is 16.3. The highest BCUT2D eigenvalue weighted by Crippen LogP contribution is 2.80. The first-order valence-corrected chi connectivity index (χ1v) is 8.29. The van der Waals surface area contributed by atoms with Gasteiger partial charge in [-0.3, -0.25) is 0 Å². The first kappa shape index (κ1) is 12.3. The third-order valence-corrected chi connectivity index (χ3v) is 7.22. The standard InChI is InChI=1S/C19H22O2/c1-18-7-6-15-14-4-3-13(20)8-11(14)2-5-16(15)19(18)10-12(19)9-17(18)21/h3-4,8,12,17,20-21H,2,5-7,9-10H2,1H3/t12-,17-,18-,19+/m1/s1. The molecular formula is C19H22O2. The lowest BCUT2D eigenvalue weighted by Gasteiger charge is -2.46. The van der Waals surface area contributed by atoms with E-state index in [0.717, 1.165) is 38.0 Å². The molecule has 2 heteroatoms. The number of aryl methyl sites for hydroxylation is 1. The number of rotatable bonds is 0. The fourth-order valence-electron chi connectivity index (χ4n) is 6.06. The van der Waals surface area contributed by atoms with Gasteiger partial charge in [-0.05, 0) is 73.3 Å². The van der Waals surface area contributed by atoms with Crippen LogP contribution in [0.1, 0.15) is 50.2 Å². The maximum atomic E-state index is 10.5. The fraction of sp³-hybridized carbons (Fsp3) is 0.579. The Hall–Kier alpha value is -1.28. The van der Waals surface area contributed by atoms with Gasteiger partial charge in [-0.25, -0.2) is 0 Å². The summed E-state index contributed by atoms with van der Waals surface area (Å²) in [7, 11) is 0. The summed E-state index contributed by atoms with van der Waals surface area (Å²) in [6.45, 7) is 2.33. The fourth-order valence-corrected chi connectivity index (χ4v) is 6.06. The summed E-state index contributed by atoms with van der Waals surface area (Å²) in [5.74, 6) is 1.11. The Morgan fingerprint density at radius 3 is 2.90 bits per heavy atom. The van der Waals surface area contributed by atoms with Gasteiger partial charge in [0.1, 0.15) is 5.75 Å². The van der Waals surface area contributed by atoms with Crippen LogP contribution < -0.4 is 0 Å². The van der Waals surface area contributed by atoms with Crippen molar-refractivity contribution in [3.63, 3.8) is 0 Å². The van der Waals surface area contributed by atoms with E-state index in [1.54, 1.807) is 11.1 Å². The zero-order chi connectivity index (χ0) is 14.4. The maximum absolute atomic E-state index is 10.5. The molecule has 0 amide bonds. The van der Waals surface area contributed by atoms with E-state index in [2.05, 4.69) is 13.0 Å². The Morgan fingerprint density at radius 1 is 1.19 bits per heavy atom. The van der Waals surface area contributed by atoms with Crippen molar-refractivity contribution in [3.05, 3.63) is 34.9 Å². The Labute approximate surface area is 125 Å². The van der Waals surface area contributed by atoms with Crippen LogP contribution in [-0.4, -0.2) is 16.3 Å². The van der Waals surface area contributed by atoms with Crippen LogP contribution in [0.2, 0.25) is 0 Å². The van der Waals surface area contributed by atoms with E-state index in [1.807, 2.05) is 12.1 Å². The summed E-state index contributed by atoms with van der Waals surface area (Å²) in [5, 5.41) is 20.3. The monoisotopic (exact) mass is 282 g/mol. The molecule has 2 nitrogen and oxygen atoms in total. The van der Waals surface area contributed by atoms with Crippen molar-refractivity contribution >= 4 is 5.57 Å². The topological polar surface area (TPSA) is 40.5 Å². The molecule has 21 heavy (non-hydrogen) atoms. The minimum Gasteiger partial charge on any atom is -0.508 e. The van der Waals surface area contributed by atoms with E-state index in [9.17, 15) is 10.2 Å². The number of hydrogen-bond donors (Lipinski definition) is 2. The Morgan fingerprint density at radius 2 is 2.05 bits per heavy atom. The first-order chi connectivity index (χ1) is 10.1. The van der Waals surface area contributed by atoms with Gasteiger partial charge < -0.3 is 10.2 Å². The van der Waals surface area contributed by atoms with Crippen molar-refractivity contribution < 1.29 is 10.2 Å². The Balaban J connectivity index is 1.70. The van der Waals surface area contributed by atoms with Crippen molar-refractivity contribution in [2.75, 3.05) is 0 Å². The summed E-state index contributed by atoms with van der Waals surface area (Å²) in [5.41, 5.74) is 6.32. The van der Waals surface area contributed by atoms with E-state index in [0.29, 0.717) is 11.2 Å². The largest absolute Gasteiger partial charge is 0.508 e. The number of hydrogen-bond acceptors (Lipinski definition) is 2. The number of benzene rings is 1. The van der Waals surface area contributed by atoms with Crippen LogP contribution >= 0.6 is 0 Å². The second-order valence-electron chi connectivity index (χ2n) is 7.84. The number of aliphatic hydroxyl groups is 1. The average Bonchev–Trinajstić information content (AvgIpc) is 3.12. The van der Waals surface area contributed by atoms with Crippen LogP contribution in [0.5, 0.6) is 5.75 Å². The van der Waals surface area contributed by atoms with Crippen LogP contribution in [0.4, 0.5) is 0 Å². The molecule has 1 aromatic carbocycles. The van der Waals surface area contributed by atoms with Crippen LogP contribution in [-0.2, 0) is 6.42 Å².